The average molecular weight is 413 g/mol. The van der Waals surface area contributed by atoms with Crippen molar-refractivity contribution in [3.8, 4) is 11.5 Å². The molecule has 0 aliphatic carbocycles. The molecule has 7 nitrogen and oxygen atoms in total. The number of carbonyl (C=O) groups excluding carboxylic acids is 2. The maximum atomic E-state index is 13.2. The number of benzene rings is 2. The highest BCUT2D eigenvalue weighted by atomic mass is 19.1. The molecule has 156 valence electrons. The third-order valence-corrected chi connectivity index (χ3v) is 4.43. The summed E-state index contributed by atoms with van der Waals surface area (Å²) in [5.41, 5.74) is 1.87. The summed E-state index contributed by atoms with van der Waals surface area (Å²) in [5, 5.41) is 3.87. The first-order chi connectivity index (χ1) is 14.4. The van der Waals surface area contributed by atoms with Crippen molar-refractivity contribution in [2.45, 2.75) is 20.5 Å². The van der Waals surface area contributed by atoms with E-state index in [1.165, 1.54) is 37.4 Å². The molecule has 30 heavy (non-hydrogen) atoms. The van der Waals surface area contributed by atoms with Gasteiger partial charge in [0.1, 0.15) is 18.2 Å². The second-order valence-corrected chi connectivity index (χ2v) is 6.47. The number of methoxy groups -OCH3 is 1. The SMILES string of the molecule is COc1cc(C(=O)OCC(=O)c2cccc(F)c2)ccc1OCc1c(C)noc1C. The number of halogens is 1. The van der Waals surface area contributed by atoms with E-state index in [0.717, 1.165) is 17.3 Å². The Balaban J connectivity index is 1.64. The summed E-state index contributed by atoms with van der Waals surface area (Å²) in [6, 6.07) is 9.71. The highest BCUT2D eigenvalue weighted by molar-refractivity contribution is 5.99. The van der Waals surface area contributed by atoms with Crippen LogP contribution in [0.4, 0.5) is 4.39 Å². The Hall–Kier alpha value is -3.68. The maximum Gasteiger partial charge on any atom is 0.338 e. The van der Waals surface area contributed by atoms with Crippen LogP contribution in [0.15, 0.2) is 47.0 Å². The molecule has 0 aliphatic rings. The number of Topliss-reactive ketones (excluding diaryl/α,β-unsaturated/α-hetero) is 1. The van der Waals surface area contributed by atoms with Crippen LogP contribution in [0.3, 0.4) is 0 Å². The fraction of sp³-hybridized carbons (Fsp3) is 0.227. The van der Waals surface area contributed by atoms with Crippen LogP contribution in [0.5, 0.6) is 11.5 Å². The number of nitrogens with zero attached hydrogens (tertiary/aromatic N) is 1. The summed E-state index contributed by atoms with van der Waals surface area (Å²) in [5.74, 6) is -0.346. The van der Waals surface area contributed by atoms with Gasteiger partial charge in [0, 0.05) is 5.56 Å². The fourth-order valence-electron chi connectivity index (χ4n) is 2.73. The topological polar surface area (TPSA) is 87.9 Å². The number of rotatable bonds is 8. The molecule has 0 saturated carbocycles. The van der Waals surface area contributed by atoms with Gasteiger partial charge in [-0.1, -0.05) is 17.3 Å². The molecule has 0 bridgehead atoms. The number of ketones is 1. The molecule has 0 atom stereocenters. The second-order valence-electron chi connectivity index (χ2n) is 6.47. The van der Waals surface area contributed by atoms with E-state index in [1.807, 2.05) is 6.92 Å². The lowest BCUT2D eigenvalue weighted by atomic mass is 10.1. The summed E-state index contributed by atoms with van der Waals surface area (Å²) in [4.78, 5) is 24.4. The quantitative estimate of drug-likeness (QED) is 0.406. The molecule has 0 saturated heterocycles. The van der Waals surface area contributed by atoms with Gasteiger partial charge in [0.25, 0.3) is 0 Å². The molecule has 0 unspecified atom stereocenters. The van der Waals surface area contributed by atoms with Crippen LogP contribution in [0, 0.1) is 19.7 Å². The predicted octanol–water partition coefficient (Wildman–Crippen LogP) is 4.06. The molecule has 3 aromatic rings. The number of hydrogen-bond acceptors (Lipinski definition) is 7. The van der Waals surface area contributed by atoms with Crippen LogP contribution in [0.2, 0.25) is 0 Å². The average Bonchev–Trinajstić information content (AvgIpc) is 3.07. The van der Waals surface area contributed by atoms with Crippen LogP contribution in [-0.2, 0) is 11.3 Å². The van der Waals surface area contributed by atoms with Crippen molar-refractivity contribution in [2.24, 2.45) is 0 Å². The minimum absolute atomic E-state index is 0.128. The van der Waals surface area contributed by atoms with E-state index in [2.05, 4.69) is 5.16 Å². The van der Waals surface area contributed by atoms with Crippen molar-refractivity contribution in [1.82, 2.24) is 5.16 Å². The summed E-state index contributed by atoms with van der Waals surface area (Å²) in [6.45, 7) is 3.33. The van der Waals surface area contributed by atoms with Gasteiger partial charge in [-0.15, -0.1) is 0 Å². The lowest BCUT2D eigenvalue weighted by Crippen LogP contribution is -2.14. The molecule has 0 amide bonds. The Kier molecular flexibility index (Phi) is 6.46. The summed E-state index contributed by atoms with van der Waals surface area (Å²) >= 11 is 0. The molecule has 0 N–H and O–H groups in total. The van der Waals surface area contributed by atoms with E-state index in [1.54, 1.807) is 13.0 Å². The van der Waals surface area contributed by atoms with Crippen molar-refractivity contribution in [1.29, 1.82) is 0 Å². The molecule has 0 fully saturated rings. The van der Waals surface area contributed by atoms with Crippen LogP contribution in [0.25, 0.3) is 0 Å². The lowest BCUT2D eigenvalue weighted by molar-refractivity contribution is 0.0474. The van der Waals surface area contributed by atoms with Gasteiger partial charge in [-0.2, -0.15) is 0 Å². The number of aryl methyl sites for hydroxylation is 2. The second kappa shape index (κ2) is 9.21. The van der Waals surface area contributed by atoms with Gasteiger partial charge in [-0.25, -0.2) is 9.18 Å². The zero-order valence-electron chi connectivity index (χ0n) is 16.7. The zero-order chi connectivity index (χ0) is 21.7. The Morgan fingerprint density at radius 2 is 1.87 bits per heavy atom. The van der Waals surface area contributed by atoms with Gasteiger partial charge in [0.2, 0.25) is 0 Å². The van der Waals surface area contributed by atoms with Crippen LogP contribution in [0.1, 0.15) is 37.7 Å². The smallest absolute Gasteiger partial charge is 0.338 e. The van der Waals surface area contributed by atoms with Gasteiger partial charge >= 0.3 is 5.97 Å². The number of hydrogen-bond donors (Lipinski definition) is 0. The number of ether oxygens (including phenoxy) is 3. The van der Waals surface area contributed by atoms with Gasteiger partial charge in [-0.3, -0.25) is 4.79 Å². The molecule has 1 heterocycles. The van der Waals surface area contributed by atoms with Crippen LogP contribution >= 0.6 is 0 Å². The molecular formula is C22H20FNO6. The Morgan fingerprint density at radius 3 is 2.53 bits per heavy atom. The normalized spacial score (nSPS) is 10.5. The number of aromatic nitrogens is 1. The molecule has 2 aromatic carbocycles. The van der Waals surface area contributed by atoms with Crippen molar-refractivity contribution >= 4 is 11.8 Å². The molecule has 0 aliphatic heterocycles. The van der Waals surface area contributed by atoms with E-state index < -0.39 is 24.2 Å². The van der Waals surface area contributed by atoms with Gasteiger partial charge in [0.15, 0.2) is 23.9 Å². The third-order valence-electron chi connectivity index (χ3n) is 4.43. The van der Waals surface area contributed by atoms with Crippen molar-refractivity contribution in [3.63, 3.8) is 0 Å². The van der Waals surface area contributed by atoms with Crippen LogP contribution in [-0.4, -0.2) is 30.6 Å². The summed E-state index contributed by atoms with van der Waals surface area (Å²) < 4.78 is 34.4. The van der Waals surface area contributed by atoms with Crippen molar-refractivity contribution < 1.29 is 32.7 Å². The minimum atomic E-state index is -0.713. The van der Waals surface area contributed by atoms with E-state index in [4.69, 9.17) is 18.7 Å². The van der Waals surface area contributed by atoms with Crippen LogP contribution < -0.4 is 9.47 Å². The van der Waals surface area contributed by atoms with E-state index in [9.17, 15) is 14.0 Å². The van der Waals surface area contributed by atoms with Gasteiger partial charge in [-0.05, 0) is 44.2 Å². The number of carbonyl (C=O) groups is 2. The number of esters is 1. The first-order valence-electron chi connectivity index (χ1n) is 9.07. The first kappa shape index (κ1) is 21.0. The minimum Gasteiger partial charge on any atom is -0.493 e. The molecule has 0 spiro atoms. The van der Waals surface area contributed by atoms with Gasteiger partial charge < -0.3 is 18.7 Å². The molecule has 8 heteroatoms. The Bertz CT molecular complexity index is 1060. The van der Waals surface area contributed by atoms with E-state index in [0.29, 0.717) is 17.3 Å². The first-order valence-corrected chi connectivity index (χ1v) is 9.07. The van der Waals surface area contributed by atoms with E-state index in [-0.39, 0.29) is 17.7 Å². The van der Waals surface area contributed by atoms with E-state index >= 15 is 0 Å². The molecule has 0 radical (unpaired) electrons. The predicted molar refractivity (Wildman–Crippen MR) is 104 cm³/mol. The lowest BCUT2D eigenvalue weighted by Gasteiger charge is -2.12. The molecule has 1 aromatic heterocycles. The highest BCUT2D eigenvalue weighted by Crippen LogP contribution is 2.29. The fourth-order valence-corrected chi connectivity index (χ4v) is 2.73. The largest absolute Gasteiger partial charge is 0.493 e. The van der Waals surface area contributed by atoms with Crippen molar-refractivity contribution in [2.75, 3.05) is 13.7 Å². The summed E-state index contributed by atoms with van der Waals surface area (Å²) in [7, 11) is 1.45. The third kappa shape index (κ3) is 4.83. The van der Waals surface area contributed by atoms with Gasteiger partial charge in [0.05, 0.1) is 23.9 Å². The Labute approximate surface area is 172 Å². The Morgan fingerprint density at radius 1 is 1.07 bits per heavy atom. The molecular weight excluding hydrogens is 393 g/mol. The summed E-state index contributed by atoms with van der Waals surface area (Å²) in [6.07, 6.45) is 0. The standard InChI is InChI=1S/C22H20FNO6/c1-13-18(14(2)30-24-13)11-28-20-8-7-16(10-21(20)27-3)22(26)29-12-19(25)15-5-4-6-17(23)9-15/h4-10H,11-12H2,1-3H3. The van der Waals surface area contributed by atoms with Crippen molar-refractivity contribution in [3.05, 3.63) is 76.4 Å². The maximum absolute atomic E-state index is 13.2. The zero-order valence-corrected chi connectivity index (χ0v) is 16.7. The monoisotopic (exact) mass is 413 g/mol. The highest BCUT2D eigenvalue weighted by Gasteiger charge is 2.16. The molecule has 3 rings (SSSR count).